The Morgan fingerprint density at radius 2 is 2.13 bits per heavy atom. The van der Waals surface area contributed by atoms with Crippen LogP contribution in [0.1, 0.15) is 46.5 Å². The normalized spacial score (nSPS) is 29.9. The topological polar surface area (TPSA) is 29.1 Å². The minimum atomic E-state index is 0.126. The van der Waals surface area contributed by atoms with Crippen molar-refractivity contribution in [3.05, 3.63) is 0 Å². The first kappa shape index (κ1) is 12.8. The highest BCUT2D eigenvalue weighted by Gasteiger charge is 2.30. The summed E-state index contributed by atoms with van der Waals surface area (Å²) < 4.78 is 0. The lowest BCUT2D eigenvalue weighted by atomic mass is 9.97. The number of amides is 1. The first-order valence-corrected chi connectivity index (χ1v) is 6.38. The number of hydrogen-bond donors (Lipinski definition) is 1. The maximum Gasteiger partial charge on any atom is 0.223 e. The summed E-state index contributed by atoms with van der Waals surface area (Å²) in [6, 6.07) is 0.192. The van der Waals surface area contributed by atoms with Gasteiger partial charge in [-0.1, -0.05) is 13.3 Å². The fourth-order valence-electron chi connectivity index (χ4n) is 2.43. The Morgan fingerprint density at radius 3 is 2.60 bits per heavy atom. The fraction of sp³-hybridized carbons (Fsp3) is 0.917. The summed E-state index contributed by atoms with van der Waals surface area (Å²) in [5, 5.41) is 3.19. The van der Waals surface area contributed by atoms with Crippen LogP contribution in [0, 0.1) is 11.8 Å². The standard InChI is InChI=1S/C12H22ClNO/c1-8-5-4-6-11(8)12(15)14-10(3)7-9(2)13/h8-11H,4-7H2,1-3H3,(H,14,15). The number of rotatable bonds is 4. The summed E-state index contributed by atoms with van der Waals surface area (Å²) >= 11 is 5.89. The predicted molar refractivity (Wildman–Crippen MR) is 64.0 cm³/mol. The van der Waals surface area contributed by atoms with Gasteiger partial charge in [-0.15, -0.1) is 11.6 Å². The van der Waals surface area contributed by atoms with E-state index in [4.69, 9.17) is 11.6 Å². The van der Waals surface area contributed by atoms with Gasteiger partial charge in [-0.25, -0.2) is 0 Å². The summed E-state index contributed by atoms with van der Waals surface area (Å²) in [6.07, 6.45) is 4.28. The predicted octanol–water partition coefficient (Wildman–Crippen LogP) is 2.94. The molecule has 1 saturated carbocycles. The molecule has 0 saturated heterocycles. The minimum absolute atomic E-state index is 0.126. The van der Waals surface area contributed by atoms with Gasteiger partial charge in [0, 0.05) is 17.3 Å². The van der Waals surface area contributed by atoms with Crippen molar-refractivity contribution >= 4 is 17.5 Å². The van der Waals surface area contributed by atoms with Gasteiger partial charge in [0.1, 0.15) is 0 Å². The summed E-state index contributed by atoms with van der Waals surface area (Å²) in [5.74, 6) is 1.01. The van der Waals surface area contributed by atoms with Crippen molar-refractivity contribution in [1.29, 1.82) is 0 Å². The number of alkyl halides is 1. The molecule has 1 rings (SSSR count). The first-order chi connectivity index (χ1) is 7.00. The van der Waals surface area contributed by atoms with E-state index in [9.17, 15) is 4.79 Å². The SMILES string of the molecule is CC(Cl)CC(C)NC(=O)C1CCCC1C. The van der Waals surface area contributed by atoms with Crippen molar-refractivity contribution in [2.75, 3.05) is 0 Å². The molecule has 3 heteroatoms. The highest BCUT2D eigenvalue weighted by Crippen LogP contribution is 2.31. The molecule has 0 bridgehead atoms. The Morgan fingerprint density at radius 1 is 1.47 bits per heavy atom. The molecule has 1 amide bonds. The molecule has 1 N–H and O–H groups in total. The van der Waals surface area contributed by atoms with Gasteiger partial charge < -0.3 is 5.32 Å². The lowest BCUT2D eigenvalue weighted by Crippen LogP contribution is -2.39. The van der Waals surface area contributed by atoms with Crippen molar-refractivity contribution in [2.45, 2.75) is 57.9 Å². The summed E-state index contributed by atoms with van der Waals surface area (Å²) in [5.41, 5.74) is 0. The quantitative estimate of drug-likeness (QED) is 0.741. The van der Waals surface area contributed by atoms with Crippen molar-refractivity contribution in [2.24, 2.45) is 11.8 Å². The number of hydrogen-bond acceptors (Lipinski definition) is 1. The van der Waals surface area contributed by atoms with Crippen LogP contribution in [0.5, 0.6) is 0 Å². The third kappa shape index (κ3) is 4.02. The molecule has 0 aromatic rings. The van der Waals surface area contributed by atoms with Gasteiger partial charge in [0.25, 0.3) is 0 Å². The van der Waals surface area contributed by atoms with E-state index in [1.54, 1.807) is 0 Å². The van der Waals surface area contributed by atoms with E-state index >= 15 is 0 Å². The van der Waals surface area contributed by atoms with Gasteiger partial charge in [-0.2, -0.15) is 0 Å². The van der Waals surface area contributed by atoms with E-state index in [1.165, 1.54) is 12.8 Å². The smallest absolute Gasteiger partial charge is 0.223 e. The number of carbonyl (C=O) groups is 1. The zero-order chi connectivity index (χ0) is 11.4. The molecule has 2 nitrogen and oxygen atoms in total. The molecule has 4 unspecified atom stereocenters. The molecule has 88 valence electrons. The summed E-state index contributed by atoms with van der Waals surface area (Å²) in [6.45, 7) is 6.16. The van der Waals surface area contributed by atoms with E-state index in [2.05, 4.69) is 12.2 Å². The van der Waals surface area contributed by atoms with Crippen molar-refractivity contribution in [3.8, 4) is 0 Å². The third-order valence-electron chi connectivity index (χ3n) is 3.27. The Bertz CT molecular complexity index is 218. The molecule has 0 heterocycles. The molecule has 4 atom stereocenters. The van der Waals surface area contributed by atoms with Crippen LogP contribution < -0.4 is 5.32 Å². The zero-order valence-corrected chi connectivity index (χ0v) is 10.7. The van der Waals surface area contributed by atoms with Crippen LogP contribution in [0.15, 0.2) is 0 Å². The van der Waals surface area contributed by atoms with Crippen LogP contribution in [0.3, 0.4) is 0 Å². The van der Waals surface area contributed by atoms with Gasteiger partial charge in [-0.05, 0) is 39.0 Å². The van der Waals surface area contributed by atoms with Crippen molar-refractivity contribution in [1.82, 2.24) is 5.32 Å². The molecule has 15 heavy (non-hydrogen) atoms. The van der Waals surface area contributed by atoms with Crippen LogP contribution in [-0.4, -0.2) is 17.3 Å². The monoisotopic (exact) mass is 231 g/mol. The molecule has 0 aromatic heterocycles. The molecule has 0 aliphatic heterocycles. The Hall–Kier alpha value is -0.240. The van der Waals surface area contributed by atoms with E-state index in [1.807, 2.05) is 13.8 Å². The number of nitrogens with one attached hydrogen (secondary N) is 1. The lowest BCUT2D eigenvalue weighted by molar-refractivity contribution is -0.126. The van der Waals surface area contributed by atoms with Gasteiger partial charge in [0.2, 0.25) is 5.91 Å². The van der Waals surface area contributed by atoms with Gasteiger partial charge in [-0.3, -0.25) is 4.79 Å². The average Bonchev–Trinajstić information content (AvgIpc) is 2.49. The molecule has 0 spiro atoms. The van der Waals surface area contributed by atoms with E-state index in [0.717, 1.165) is 12.8 Å². The molecule has 0 radical (unpaired) electrons. The van der Waals surface area contributed by atoms with Crippen LogP contribution in [0.4, 0.5) is 0 Å². The Kier molecular flexibility index (Phi) is 4.91. The van der Waals surface area contributed by atoms with Gasteiger partial charge in [0.15, 0.2) is 0 Å². The second-order valence-corrected chi connectivity index (χ2v) is 5.69. The molecule has 0 aromatic carbocycles. The Labute approximate surface area is 97.8 Å². The Balaban J connectivity index is 2.34. The van der Waals surface area contributed by atoms with Gasteiger partial charge >= 0.3 is 0 Å². The second kappa shape index (κ2) is 5.74. The largest absolute Gasteiger partial charge is 0.353 e. The first-order valence-electron chi connectivity index (χ1n) is 5.95. The van der Waals surface area contributed by atoms with E-state index in [0.29, 0.717) is 5.92 Å². The van der Waals surface area contributed by atoms with Crippen LogP contribution in [0.2, 0.25) is 0 Å². The maximum absolute atomic E-state index is 11.9. The van der Waals surface area contributed by atoms with Crippen LogP contribution >= 0.6 is 11.6 Å². The molecule has 1 aliphatic rings. The molecule has 1 fully saturated rings. The third-order valence-corrected chi connectivity index (χ3v) is 3.44. The van der Waals surface area contributed by atoms with Crippen molar-refractivity contribution in [3.63, 3.8) is 0 Å². The number of carbonyl (C=O) groups excluding carboxylic acids is 1. The van der Waals surface area contributed by atoms with Crippen molar-refractivity contribution < 1.29 is 4.79 Å². The molecular weight excluding hydrogens is 210 g/mol. The molecule has 1 aliphatic carbocycles. The van der Waals surface area contributed by atoms with Gasteiger partial charge in [0.05, 0.1) is 0 Å². The second-order valence-electron chi connectivity index (χ2n) is 4.94. The highest BCUT2D eigenvalue weighted by atomic mass is 35.5. The lowest BCUT2D eigenvalue weighted by Gasteiger charge is -2.20. The van der Waals surface area contributed by atoms with Crippen LogP contribution in [0.25, 0.3) is 0 Å². The van der Waals surface area contributed by atoms with Crippen LogP contribution in [-0.2, 0) is 4.79 Å². The number of halogens is 1. The van der Waals surface area contributed by atoms with E-state index < -0.39 is 0 Å². The molecular formula is C12H22ClNO. The average molecular weight is 232 g/mol. The summed E-state index contributed by atoms with van der Waals surface area (Å²) in [4.78, 5) is 11.9. The fourth-order valence-corrected chi connectivity index (χ4v) is 2.70. The minimum Gasteiger partial charge on any atom is -0.353 e. The van der Waals surface area contributed by atoms with E-state index in [-0.39, 0.29) is 23.2 Å². The summed E-state index contributed by atoms with van der Waals surface area (Å²) in [7, 11) is 0. The zero-order valence-electron chi connectivity index (χ0n) is 9.92. The highest BCUT2D eigenvalue weighted by molar-refractivity contribution is 6.20. The maximum atomic E-state index is 11.9.